The Labute approximate surface area is 130 Å². The summed E-state index contributed by atoms with van der Waals surface area (Å²) in [6.45, 7) is 5.63. The van der Waals surface area contributed by atoms with Crippen LogP contribution in [-0.2, 0) is 10.2 Å². The number of hydrogen-bond donors (Lipinski definition) is 2. The van der Waals surface area contributed by atoms with Crippen molar-refractivity contribution < 1.29 is 4.79 Å². The van der Waals surface area contributed by atoms with Crippen molar-refractivity contribution in [2.45, 2.75) is 25.7 Å². The SMILES string of the molecule is CNCCC(=O)NCC(C)(C)c1ccc(Br)cc1.Cl. The third kappa shape index (κ3) is 6.41. The minimum absolute atomic E-state index is 0. The first kappa shape index (κ1) is 18.4. The molecule has 0 saturated carbocycles. The van der Waals surface area contributed by atoms with Crippen molar-refractivity contribution in [2.24, 2.45) is 0 Å². The van der Waals surface area contributed by atoms with E-state index < -0.39 is 0 Å². The van der Waals surface area contributed by atoms with Crippen molar-refractivity contribution in [3.63, 3.8) is 0 Å². The van der Waals surface area contributed by atoms with Crippen LogP contribution in [0.1, 0.15) is 25.8 Å². The zero-order valence-corrected chi connectivity index (χ0v) is 14.0. The molecule has 0 saturated heterocycles. The van der Waals surface area contributed by atoms with Gasteiger partial charge in [0.15, 0.2) is 0 Å². The van der Waals surface area contributed by atoms with Crippen LogP contribution in [0.15, 0.2) is 28.7 Å². The first-order valence-electron chi connectivity index (χ1n) is 6.13. The molecule has 0 heterocycles. The van der Waals surface area contributed by atoms with Crippen LogP contribution in [0.25, 0.3) is 0 Å². The molecule has 5 heteroatoms. The fourth-order valence-corrected chi connectivity index (χ4v) is 1.91. The number of benzene rings is 1. The molecule has 2 N–H and O–H groups in total. The minimum atomic E-state index is -0.0595. The van der Waals surface area contributed by atoms with Gasteiger partial charge in [-0.1, -0.05) is 41.9 Å². The minimum Gasteiger partial charge on any atom is -0.355 e. The molecule has 0 aliphatic carbocycles. The van der Waals surface area contributed by atoms with Crippen molar-refractivity contribution in [3.8, 4) is 0 Å². The van der Waals surface area contributed by atoms with Crippen molar-refractivity contribution in [3.05, 3.63) is 34.3 Å². The summed E-state index contributed by atoms with van der Waals surface area (Å²) in [5, 5.41) is 5.95. The quantitative estimate of drug-likeness (QED) is 0.829. The van der Waals surface area contributed by atoms with Gasteiger partial charge in [-0.15, -0.1) is 12.4 Å². The first-order chi connectivity index (χ1) is 8.45. The predicted octanol–water partition coefficient (Wildman–Crippen LogP) is 2.87. The number of hydrogen-bond acceptors (Lipinski definition) is 2. The maximum atomic E-state index is 11.6. The fourth-order valence-electron chi connectivity index (χ4n) is 1.65. The van der Waals surface area contributed by atoms with E-state index in [0.717, 1.165) is 4.47 Å². The molecule has 0 bridgehead atoms. The summed E-state index contributed by atoms with van der Waals surface area (Å²) in [6, 6.07) is 8.23. The zero-order chi connectivity index (χ0) is 13.6. The molecule has 0 aliphatic heterocycles. The van der Waals surface area contributed by atoms with E-state index >= 15 is 0 Å². The van der Waals surface area contributed by atoms with E-state index in [-0.39, 0.29) is 23.7 Å². The summed E-state index contributed by atoms with van der Waals surface area (Å²) in [4.78, 5) is 11.6. The number of carbonyl (C=O) groups excluding carboxylic acids is 1. The summed E-state index contributed by atoms with van der Waals surface area (Å²) < 4.78 is 1.07. The Balaban J connectivity index is 0.00000324. The average Bonchev–Trinajstić information content (AvgIpc) is 2.34. The molecule has 0 radical (unpaired) electrons. The number of halogens is 2. The Morgan fingerprint density at radius 2 is 1.84 bits per heavy atom. The molecule has 0 aliphatic rings. The van der Waals surface area contributed by atoms with Gasteiger partial charge in [0.1, 0.15) is 0 Å². The highest BCUT2D eigenvalue weighted by molar-refractivity contribution is 9.10. The molecule has 0 aromatic heterocycles. The molecular weight excluding hydrogens is 328 g/mol. The van der Waals surface area contributed by atoms with Gasteiger partial charge < -0.3 is 10.6 Å². The van der Waals surface area contributed by atoms with Gasteiger partial charge in [-0.2, -0.15) is 0 Å². The molecule has 0 unspecified atom stereocenters. The Bertz CT molecular complexity index is 393. The van der Waals surface area contributed by atoms with Crippen LogP contribution in [0, 0.1) is 0 Å². The van der Waals surface area contributed by atoms with Crippen molar-refractivity contribution in [2.75, 3.05) is 20.1 Å². The normalized spacial score (nSPS) is 10.7. The summed E-state index contributed by atoms with van der Waals surface area (Å²) in [5.74, 6) is 0.0922. The fraction of sp³-hybridized carbons (Fsp3) is 0.500. The molecular formula is C14H22BrClN2O. The summed E-state index contributed by atoms with van der Waals surface area (Å²) in [6.07, 6.45) is 0.521. The van der Waals surface area contributed by atoms with Gasteiger partial charge in [-0.3, -0.25) is 4.79 Å². The highest BCUT2D eigenvalue weighted by atomic mass is 79.9. The van der Waals surface area contributed by atoms with E-state index in [1.54, 1.807) is 0 Å². The second-order valence-corrected chi connectivity index (χ2v) is 5.94. The molecule has 0 spiro atoms. The van der Waals surface area contributed by atoms with Gasteiger partial charge in [0.25, 0.3) is 0 Å². The highest BCUT2D eigenvalue weighted by Crippen LogP contribution is 2.23. The van der Waals surface area contributed by atoms with Crippen LogP contribution in [0.4, 0.5) is 0 Å². The van der Waals surface area contributed by atoms with Gasteiger partial charge in [0.2, 0.25) is 5.91 Å². The second kappa shape index (κ2) is 8.56. The third-order valence-electron chi connectivity index (χ3n) is 2.96. The lowest BCUT2D eigenvalue weighted by atomic mass is 9.84. The number of rotatable bonds is 6. The zero-order valence-electron chi connectivity index (χ0n) is 11.6. The lowest BCUT2D eigenvalue weighted by molar-refractivity contribution is -0.121. The van der Waals surface area contributed by atoms with E-state index in [1.807, 2.05) is 19.2 Å². The molecule has 0 atom stereocenters. The number of nitrogens with one attached hydrogen (secondary N) is 2. The molecule has 1 amide bonds. The van der Waals surface area contributed by atoms with Crippen LogP contribution < -0.4 is 10.6 Å². The lowest BCUT2D eigenvalue weighted by Gasteiger charge is -2.25. The maximum Gasteiger partial charge on any atom is 0.221 e. The van der Waals surface area contributed by atoms with E-state index in [0.29, 0.717) is 19.5 Å². The molecule has 1 aromatic carbocycles. The van der Waals surface area contributed by atoms with Crippen molar-refractivity contribution in [1.29, 1.82) is 0 Å². The van der Waals surface area contributed by atoms with E-state index in [1.165, 1.54) is 5.56 Å². The number of carbonyl (C=O) groups is 1. The Hall–Kier alpha value is -0.580. The molecule has 0 fully saturated rings. The molecule has 19 heavy (non-hydrogen) atoms. The third-order valence-corrected chi connectivity index (χ3v) is 3.48. The van der Waals surface area contributed by atoms with Gasteiger partial charge >= 0.3 is 0 Å². The monoisotopic (exact) mass is 348 g/mol. The largest absolute Gasteiger partial charge is 0.355 e. The van der Waals surface area contributed by atoms with Crippen molar-refractivity contribution in [1.82, 2.24) is 10.6 Å². The Morgan fingerprint density at radius 3 is 2.37 bits per heavy atom. The molecule has 1 rings (SSSR count). The van der Waals surface area contributed by atoms with Crippen LogP contribution in [-0.4, -0.2) is 26.0 Å². The van der Waals surface area contributed by atoms with Crippen LogP contribution in [0.2, 0.25) is 0 Å². The van der Waals surface area contributed by atoms with Crippen LogP contribution in [0.5, 0.6) is 0 Å². The second-order valence-electron chi connectivity index (χ2n) is 5.02. The molecule has 3 nitrogen and oxygen atoms in total. The maximum absolute atomic E-state index is 11.6. The molecule has 1 aromatic rings. The highest BCUT2D eigenvalue weighted by Gasteiger charge is 2.21. The van der Waals surface area contributed by atoms with Crippen LogP contribution >= 0.6 is 28.3 Å². The van der Waals surface area contributed by atoms with Crippen LogP contribution in [0.3, 0.4) is 0 Å². The first-order valence-corrected chi connectivity index (χ1v) is 6.92. The van der Waals surface area contributed by atoms with E-state index in [4.69, 9.17) is 0 Å². The number of amides is 1. The van der Waals surface area contributed by atoms with E-state index in [2.05, 4.69) is 52.5 Å². The Morgan fingerprint density at radius 1 is 1.26 bits per heavy atom. The lowest BCUT2D eigenvalue weighted by Crippen LogP contribution is -2.37. The Kier molecular flexibility index (Phi) is 8.30. The van der Waals surface area contributed by atoms with Gasteiger partial charge in [0, 0.05) is 29.4 Å². The average molecular weight is 350 g/mol. The predicted molar refractivity (Wildman–Crippen MR) is 86.0 cm³/mol. The van der Waals surface area contributed by atoms with Gasteiger partial charge in [-0.25, -0.2) is 0 Å². The standard InChI is InChI=1S/C14H21BrN2O.ClH/c1-14(2,10-17-13(18)8-9-16-3)11-4-6-12(15)7-5-11;/h4-7,16H,8-10H2,1-3H3,(H,17,18);1H. The molecule has 108 valence electrons. The summed E-state index contributed by atoms with van der Waals surface area (Å²) >= 11 is 3.43. The summed E-state index contributed by atoms with van der Waals surface area (Å²) in [5.41, 5.74) is 1.16. The summed E-state index contributed by atoms with van der Waals surface area (Å²) in [7, 11) is 1.85. The van der Waals surface area contributed by atoms with Gasteiger partial charge in [0.05, 0.1) is 0 Å². The topological polar surface area (TPSA) is 41.1 Å². The smallest absolute Gasteiger partial charge is 0.221 e. The van der Waals surface area contributed by atoms with Gasteiger partial charge in [-0.05, 0) is 24.7 Å². The van der Waals surface area contributed by atoms with Crippen molar-refractivity contribution >= 4 is 34.2 Å². The van der Waals surface area contributed by atoms with E-state index in [9.17, 15) is 4.79 Å².